The van der Waals surface area contributed by atoms with Crippen LogP contribution in [0.1, 0.15) is 61.6 Å². The minimum Gasteiger partial charge on any atom is -0.489 e. The first kappa shape index (κ1) is 21.5. The van der Waals surface area contributed by atoms with Crippen LogP contribution in [0, 0.1) is 17.3 Å². The number of carbonyl (C=O) groups is 1. The summed E-state index contributed by atoms with van der Waals surface area (Å²) < 4.78 is 12.0. The third kappa shape index (κ3) is 3.94. The van der Waals surface area contributed by atoms with Crippen LogP contribution < -0.4 is 10.1 Å². The number of fused-ring (bicyclic) bond motifs is 5. The molecule has 32 heavy (non-hydrogen) atoms. The summed E-state index contributed by atoms with van der Waals surface area (Å²) in [6, 6.07) is 17.1. The zero-order valence-corrected chi connectivity index (χ0v) is 19.3. The molecule has 3 aliphatic carbocycles. The molecular formula is C28H35NO3. The van der Waals surface area contributed by atoms with Gasteiger partial charge in [-0.25, -0.2) is 0 Å². The minimum absolute atomic E-state index is 0.0736. The molecule has 5 rings (SSSR count). The van der Waals surface area contributed by atoms with Gasteiger partial charge in [-0.2, -0.15) is 0 Å². The summed E-state index contributed by atoms with van der Waals surface area (Å²) in [5.41, 5.74) is 4.32. The fourth-order valence-corrected chi connectivity index (χ4v) is 6.88. The van der Waals surface area contributed by atoms with E-state index in [-0.39, 0.29) is 17.5 Å². The molecular weight excluding hydrogens is 398 g/mol. The Kier molecular flexibility index (Phi) is 5.98. The second-order valence-corrected chi connectivity index (χ2v) is 10.2. The lowest BCUT2D eigenvalue weighted by Crippen LogP contribution is -2.45. The summed E-state index contributed by atoms with van der Waals surface area (Å²) in [6.45, 7) is 3.29. The van der Waals surface area contributed by atoms with Crippen molar-refractivity contribution in [3.05, 3.63) is 65.2 Å². The monoisotopic (exact) mass is 433 g/mol. The van der Waals surface area contributed by atoms with Gasteiger partial charge in [0, 0.05) is 5.41 Å². The first-order valence-electron chi connectivity index (χ1n) is 12.2. The molecule has 1 N–H and O–H groups in total. The van der Waals surface area contributed by atoms with Gasteiger partial charge >= 0.3 is 5.97 Å². The summed E-state index contributed by atoms with van der Waals surface area (Å²) in [4.78, 5) is 12.1. The highest BCUT2D eigenvalue weighted by molar-refractivity contribution is 5.71. The van der Waals surface area contributed by atoms with Crippen LogP contribution >= 0.6 is 0 Å². The van der Waals surface area contributed by atoms with Gasteiger partial charge < -0.3 is 14.8 Å². The predicted molar refractivity (Wildman–Crippen MR) is 126 cm³/mol. The molecule has 2 saturated carbocycles. The number of hydrogen-bond donors (Lipinski definition) is 1. The Balaban J connectivity index is 1.29. The van der Waals surface area contributed by atoms with Crippen LogP contribution in [0.25, 0.3) is 0 Å². The van der Waals surface area contributed by atoms with Gasteiger partial charge in [-0.15, -0.1) is 0 Å². The minimum atomic E-state index is -0.112. The van der Waals surface area contributed by atoms with Crippen molar-refractivity contribution in [1.82, 2.24) is 5.32 Å². The van der Waals surface area contributed by atoms with Crippen molar-refractivity contribution < 1.29 is 14.3 Å². The summed E-state index contributed by atoms with van der Waals surface area (Å²) in [6.07, 6.45) is 6.95. The SMILES string of the molecule is CNCC(=O)OC1CCC2C3CCc4cc(OCc5ccccc5)ccc4C3CCC12C. The average molecular weight is 434 g/mol. The number of esters is 1. The van der Waals surface area contributed by atoms with Crippen LogP contribution in [0.5, 0.6) is 5.75 Å². The first-order valence-corrected chi connectivity index (χ1v) is 12.2. The average Bonchev–Trinajstić information content (AvgIpc) is 3.14. The molecule has 170 valence electrons. The van der Waals surface area contributed by atoms with E-state index in [1.54, 1.807) is 7.05 Å². The molecule has 0 aliphatic heterocycles. The maximum absolute atomic E-state index is 12.1. The van der Waals surface area contributed by atoms with Gasteiger partial charge in [0.25, 0.3) is 0 Å². The van der Waals surface area contributed by atoms with E-state index in [1.807, 2.05) is 6.07 Å². The quantitative estimate of drug-likeness (QED) is 0.632. The molecule has 0 spiro atoms. The lowest BCUT2D eigenvalue weighted by molar-refractivity contribution is -0.156. The first-order chi connectivity index (χ1) is 15.6. The second kappa shape index (κ2) is 8.90. The maximum Gasteiger partial charge on any atom is 0.320 e. The van der Waals surface area contributed by atoms with Crippen LogP contribution in [0.4, 0.5) is 0 Å². The fraction of sp³-hybridized carbons (Fsp3) is 0.536. The number of likely N-dealkylation sites (N-methyl/N-ethyl adjacent to an activating group) is 1. The number of hydrogen-bond acceptors (Lipinski definition) is 4. The van der Waals surface area contributed by atoms with E-state index in [1.165, 1.54) is 36.0 Å². The molecule has 2 aromatic rings. The molecule has 5 unspecified atom stereocenters. The Morgan fingerprint density at radius 3 is 2.75 bits per heavy atom. The van der Waals surface area contributed by atoms with E-state index in [2.05, 4.69) is 54.7 Å². The van der Waals surface area contributed by atoms with Gasteiger partial charge in [-0.05, 0) is 92.1 Å². The van der Waals surface area contributed by atoms with Crippen LogP contribution in [-0.4, -0.2) is 25.7 Å². The highest BCUT2D eigenvalue weighted by atomic mass is 16.5. The van der Waals surface area contributed by atoms with Gasteiger partial charge in [0.1, 0.15) is 18.5 Å². The van der Waals surface area contributed by atoms with Gasteiger partial charge in [-0.3, -0.25) is 4.79 Å². The topological polar surface area (TPSA) is 47.6 Å². The van der Waals surface area contributed by atoms with E-state index >= 15 is 0 Å². The van der Waals surface area contributed by atoms with Gasteiger partial charge in [0.05, 0.1) is 6.54 Å². The summed E-state index contributed by atoms with van der Waals surface area (Å²) in [5, 5.41) is 2.92. The highest BCUT2D eigenvalue weighted by Crippen LogP contribution is 2.61. The lowest BCUT2D eigenvalue weighted by atomic mass is 9.55. The molecule has 5 atom stereocenters. The predicted octanol–water partition coefficient (Wildman–Crippen LogP) is 5.25. The molecule has 0 amide bonds. The number of rotatable bonds is 6. The van der Waals surface area contributed by atoms with E-state index in [0.29, 0.717) is 30.9 Å². The van der Waals surface area contributed by atoms with E-state index in [9.17, 15) is 4.79 Å². The zero-order valence-electron chi connectivity index (χ0n) is 19.3. The summed E-state index contributed by atoms with van der Waals surface area (Å²) >= 11 is 0. The van der Waals surface area contributed by atoms with Crippen molar-refractivity contribution in [2.24, 2.45) is 17.3 Å². The second-order valence-electron chi connectivity index (χ2n) is 10.2. The molecule has 4 nitrogen and oxygen atoms in total. The largest absolute Gasteiger partial charge is 0.489 e. The van der Waals surface area contributed by atoms with Crippen molar-refractivity contribution >= 4 is 5.97 Å². The van der Waals surface area contributed by atoms with Crippen molar-refractivity contribution in [1.29, 1.82) is 0 Å². The maximum atomic E-state index is 12.1. The van der Waals surface area contributed by atoms with Crippen molar-refractivity contribution in [2.45, 2.75) is 64.1 Å². The zero-order chi connectivity index (χ0) is 22.1. The molecule has 3 aliphatic rings. The van der Waals surface area contributed by atoms with Crippen LogP contribution in [-0.2, 0) is 22.6 Å². The van der Waals surface area contributed by atoms with Gasteiger partial charge in [0.15, 0.2) is 0 Å². The van der Waals surface area contributed by atoms with Crippen LogP contribution in [0.3, 0.4) is 0 Å². The molecule has 0 aromatic heterocycles. The van der Waals surface area contributed by atoms with E-state index in [0.717, 1.165) is 25.0 Å². The van der Waals surface area contributed by atoms with Crippen LogP contribution in [0.15, 0.2) is 48.5 Å². The Morgan fingerprint density at radius 2 is 1.94 bits per heavy atom. The highest BCUT2D eigenvalue weighted by Gasteiger charge is 2.56. The lowest BCUT2D eigenvalue weighted by Gasteiger charge is -2.50. The molecule has 2 aromatic carbocycles. The number of ether oxygens (including phenoxy) is 2. The number of nitrogens with one attached hydrogen (secondary N) is 1. The fourth-order valence-electron chi connectivity index (χ4n) is 6.88. The standard InChI is InChI=1S/C28H35NO3/c1-28-15-14-23-22-11-9-21(31-18-19-6-4-3-5-7-19)16-20(22)8-10-24(23)25(28)12-13-26(28)32-27(30)17-29-2/h3-7,9,11,16,23-26,29H,8,10,12-15,17-18H2,1-2H3. The van der Waals surface area contributed by atoms with Crippen molar-refractivity contribution in [3.8, 4) is 5.75 Å². The molecule has 4 heteroatoms. The molecule has 0 radical (unpaired) electrons. The van der Waals surface area contributed by atoms with Crippen LogP contribution in [0.2, 0.25) is 0 Å². The van der Waals surface area contributed by atoms with Gasteiger partial charge in [-0.1, -0.05) is 43.3 Å². The Bertz CT molecular complexity index is 958. The summed E-state index contributed by atoms with van der Waals surface area (Å²) in [5.74, 6) is 2.84. The molecule has 0 saturated heterocycles. The van der Waals surface area contributed by atoms with E-state index < -0.39 is 0 Å². The molecule has 0 bridgehead atoms. The third-order valence-corrected chi connectivity index (χ3v) is 8.45. The number of carbonyl (C=O) groups excluding carboxylic acids is 1. The number of aryl methyl sites for hydroxylation is 1. The third-order valence-electron chi connectivity index (χ3n) is 8.45. The van der Waals surface area contributed by atoms with E-state index in [4.69, 9.17) is 9.47 Å². The smallest absolute Gasteiger partial charge is 0.320 e. The van der Waals surface area contributed by atoms with Crippen molar-refractivity contribution in [3.63, 3.8) is 0 Å². The Labute approximate surface area is 191 Å². The molecule has 0 heterocycles. The number of benzene rings is 2. The normalized spacial score (nSPS) is 30.7. The summed E-state index contributed by atoms with van der Waals surface area (Å²) in [7, 11) is 1.79. The van der Waals surface area contributed by atoms with Crippen molar-refractivity contribution in [2.75, 3.05) is 13.6 Å². The van der Waals surface area contributed by atoms with Gasteiger partial charge in [0.2, 0.25) is 0 Å². The Morgan fingerprint density at radius 1 is 1.09 bits per heavy atom. The molecule has 2 fully saturated rings. The Hall–Kier alpha value is -2.33.